The number of rotatable bonds is 8. The van der Waals surface area contributed by atoms with Crippen LogP contribution in [0.25, 0.3) is 0 Å². The Labute approximate surface area is 117 Å². The van der Waals surface area contributed by atoms with E-state index in [9.17, 15) is 5.11 Å². The molecule has 18 heavy (non-hydrogen) atoms. The quantitative estimate of drug-likeness (QED) is 0.720. The summed E-state index contributed by atoms with van der Waals surface area (Å²) in [4.78, 5) is 0. The van der Waals surface area contributed by atoms with Gasteiger partial charge in [0, 0.05) is 25.2 Å². The fourth-order valence-electron chi connectivity index (χ4n) is 1.28. The highest BCUT2D eigenvalue weighted by Gasteiger charge is 2.07. The molecule has 4 nitrogen and oxygen atoms in total. The first-order chi connectivity index (χ1) is 8.63. The fraction of sp³-hybridized carbons (Fsp3) is 0.500. The van der Waals surface area contributed by atoms with Crippen LogP contribution in [0.1, 0.15) is 0 Å². The summed E-state index contributed by atoms with van der Waals surface area (Å²) in [5.74, 6) is 0.511. The minimum Gasteiger partial charge on any atom is -0.489 e. The van der Waals surface area contributed by atoms with E-state index in [1.807, 2.05) is 0 Å². The van der Waals surface area contributed by atoms with Gasteiger partial charge in [-0.05, 0) is 18.2 Å². The van der Waals surface area contributed by atoms with Crippen molar-refractivity contribution >= 4 is 23.2 Å². The highest BCUT2D eigenvalue weighted by molar-refractivity contribution is 6.35. The average molecular weight is 294 g/mol. The van der Waals surface area contributed by atoms with Gasteiger partial charge < -0.3 is 19.9 Å². The van der Waals surface area contributed by atoms with Gasteiger partial charge >= 0.3 is 0 Å². The summed E-state index contributed by atoms with van der Waals surface area (Å²) in [6, 6.07) is 4.96. The van der Waals surface area contributed by atoms with Crippen molar-refractivity contribution in [3.05, 3.63) is 28.2 Å². The van der Waals surface area contributed by atoms with E-state index < -0.39 is 6.10 Å². The minimum atomic E-state index is -0.603. The zero-order valence-electron chi connectivity index (χ0n) is 10.2. The smallest absolute Gasteiger partial charge is 0.138 e. The predicted octanol–water partition coefficient (Wildman–Crippen LogP) is 1.97. The second kappa shape index (κ2) is 8.56. The number of benzene rings is 1. The van der Waals surface area contributed by atoms with Crippen LogP contribution in [-0.2, 0) is 4.74 Å². The molecule has 0 fully saturated rings. The fourth-order valence-corrected chi connectivity index (χ4v) is 1.74. The molecule has 1 aromatic carbocycles. The van der Waals surface area contributed by atoms with Crippen LogP contribution in [-0.4, -0.2) is 44.6 Å². The number of hydrogen-bond acceptors (Lipinski definition) is 4. The van der Waals surface area contributed by atoms with E-state index in [-0.39, 0.29) is 6.61 Å². The summed E-state index contributed by atoms with van der Waals surface area (Å²) >= 11 is 11.7. The highest BCUT2D eigenvalue weighted by Crippen LogP contribution is 2.27. The molecule has 0 saturated carbocycles. The molecule has 0 bridgehead atoms. The number of aliphatic hydroxyl groups excluding tert-OH is 1. The van der Waals surface area contributed by atoms with Crippen molar-refractivity contribution in [3.8, 4) is 5.75 Å². The Kier molecular flexibility index (Phi) is 7.39. The standard InChI is InChI=1S/C12H17Cl2NO3/c1-17-5-4-15-7-10(16)8-18-12-3-2-9(13)6-11(12)14/h2-3,6,10,15-16H,4-5,7-8H2,1H3. The molecule has 2 N–H and O–H groups in total. The van der Waals surface area contributed by atoms with Crippen molar-refractivity contribution in [1.82, 2.24) is 5.32 Å². The van der Waals surface area contributed by atoms with Crippen molar-refractivity contribution in [2.45, 2.75) is 6.10 Å². The molecule has 1 aromatic rings. The van der Waals surface area contributed by atoms with Crippen LogP contribution in [0.15, 0.2) is 18.2 Å². The zero-order valence-corrected chi connectivity index (χ0v) is 11.7. The van der Waals surface area contributed by atoms with Crippen molar-refractivity contribution < 1.29 is 14.6 Å². The SMILES string of the molecule is COCCNCC(O)COc1ccc(Cl)cc1Cl. The summed E-state index contributed by atoms with van der Waals surface area (Å²) in [5, 5.41) is 13.7. The molecule has 0 amide bonds. The minimum absolute atomic E-state index is 0.168. The van der Waals surface area contributed by atoms with Gasteiger partial charge in [-0.2, -0.15) is 0 Å². The van der Waals surface area contributed by atoms with E-state index >= 15 is 0 Å². The van der Waals surface area contributed by atoms with Crippen molar-refractivity contribution in [3.63, 3.8) is 0 Å². The maximum atomic E-state index is 9.66. The molecule has 102 valence electrons. The molecule has 0 aliphatic rings. The van der Waals surface area contributed by atoms with Gasteiger partial charge in [0.25, 0.3) is 0 Å². The van der Waals surface area contributed by atoms with E-state index in [2.05, 4.69) is 5.32 Å². The topological polar surface area (TPSA) is 50.7 Å². The lowest BCUT2D eigenvalue weighted by molar-refractivity contribution is 0.103. The lowest BCUT2D eigenvalue weighted by Crippen LogP contribution is -2.33. The van der Waals surface area contributed by atoms with E-state index in [0.29, 0.717) is 35.5 Å². The molecule has 0 aliphatic heterocycles. The lowest BCUT2D eigenvalue weighted by atomic mass is 10.3. The molecular weight excluding hydrogens is 277 g/mol. The van der Waals surface area contributed by atoms with Crippen LogP contribution in [0.3, 0.4) is 0 Å². The van der Waals surface area contributed by atoms with E-state index in [1.54, 1.807) is 25.3 Å². The lowest BCUT2D eigenvalue weighted by Gasteiger charge is -2.14. The first kappa shape index (κ1) is 15.5. The summed E-state index contributed by atoms with van der Waals surface area (Å²) in [6.45, 7) is 1.90. The second-order valence-electron chi connectivity index (χ2n) is 3.74. The van der Waals surface area contributed by atoms with Crippen LogP contribution in [0.2, 0.25) is 10.0 Å². The Morgan fingerprint density at radius 3 is 2.83 bits per heavy atom. The van der Waals surface area contributed by atoms with Gasteiger partial charge in [-0.15, -0.1) is 0 Å². The van der Waals surface area contributed by atoms with Crippen LogP contribution in [0.4, 0.5) is 0 Å². The molecule has 6 heteroatoms. The molecule has 0 aliphatic carbocycles. The maximum absolute atomic E-state index is 9.66. The largest absolute Gasteiger partial charge is 0.489 e. The molecular formula is C12H17Cl2NO3. The normalized spacial score (nSPS) is 12.4. The maximum Gasteiger partial charge on any atom is 0.138 e. The van der Waals surface area contributed by atoms with Gasteiger partial charge in [-0.25, -0.2) is 0 Å². The zero-order chi connectivity index (χ0) is 13.4. The Bertz CT molecular complexity index is 363. The number of nitrogens with one attached hydrogen (secondary N) is 1. The third-order valence-electron chi connectivity index (χ3n) is 2.19. The summed E-state index contributed by atoms with van der Waals surface area (Å²) in [7, 11) is 1.63. The Balaban J connectivity index is 2.27. The van der Waals surface area contributed by atoms with Gasteiger partial charge in [0.2, 0.25) is 0 Å². The van der Waals surface area contributed by atoms with Gasteiger partial charge in [0.05, 0.1) is 11.6 Å². The third-order valence-corrected chi connectivity index (χ3v) is 2.72. The summed E-state index contributed by atoms with van der Waals surface area (Å²) in [5.41, 5.74) is 0. The van der Waals surface area contributed by atoms with Gasteiger partial charge in [-0.3, -0.25) is 0 Å². The molecule has 0 aromatic heterocycles. The molecule has 0 radical (unpaired) electrons. The Hall–Kier alpha value is -0.520. The van der Waals surface area contributed by atoms with Gasteiger partial charge in [-0.1, -0.05) is 23.2 Å². The molecule has 1 rings (SSSR count). The van der Waals surface area contributed by atoms with Crippen LogP contribution >= 0.6 is 23.2 Å². The van der Waals surface area contributed by atoms with Crippen LogP contribution < -0.4 is 10.1 Å². The van der Waals surface area contributed by atoms with Gasteiger partial charge in [0.15, 0.2) is 0 Å². The number of ether oxygens (including phenoxy) is 2. The number of methoxy groups -OCH3 is 1. The van der Waals surface area contributed by atoms with Crippen LogP contribution in [0.5, 0.6) is 5.75 Å². The van der Waals surface area contributed by atoms with Crippen molar-refractivity contribution in [2.24, 2.45) is 0 Å². The predicted molar refractivity (Wildman–Crippen MR) is 72.7 cm³/mol. The number of aliphatic hydroxyl groups is 1. The number of hydrogen-bond donors (Lipinski definition) is 2. The summed E-state index contributed by atoms with van der Waals surface area (Å²) in [6.07, 6.45) is -0.603. The Morgan fingerprint density at radius 1 is 1.39 bits per heavy atom. The average Bonchev–Trinajstić information content (AvgIpc) is 2.33. The first-order valence-electron chi connectivity index (χ1n) is 5.59. The number of halogens is 2. The van der Waals surface area contributed by atoms with Crippen LogP contribution in [0, 0.1) is 0 Å². The summed E-state index contributed by atoms with van der Waals surface area (Å²) < 4.78 is 10.3. The Morgan fingerprint density at radius 2 is 2.17 bits per heavy atom. The van der Waals surface area contributed by atoms with E-state index in [0.717, 1.165) is 0 Å². The third kappa shape index (κ3) is 5.89. The molecule has 0 saturated heterocycles. The molecule has 0 spiro atoms. The van der Waals surface area contributed by atoms with Crippen molar-refractivity contribution in [1.29, 1.82) is 0 Å². The second-order valence-corrected chi connectivity index (χ2v) is 4.58. The molecule has 1 unspecified atom stereocenters. The van der Waals surface area contributed by atoms with E-state index in [4.69, 9.17) is 32.7 Å². The molecule has 0 heterocycles. The monoisotopic (exact) mass is 293 g/mol. The molecule has 1 atom stereocenters. The highest BCUT2D eigenvalue weighted by atomic mass is 35.5. The van der Waals surface area contributed by atoms with Gasteiger partial charge in [0.1, 0.15) is 18.5 Å². The van der Waals surface area contributed by atoms with Crippen molar-refractivity contribution in [2.75, 3.05) is 33.4 Å². The first-order valence-corrected chi connectivity index (χ1v) is 6.34. The van der Waals surface area contributed by atoms with E-state index in [1.165, 1.54) is 0 Å².